The summed E-state index contributed by atoms with van der Waals surface area (Å²) in [6, 6.07) is 43.1. The van der Waals surface area contributed by atoms with E-state index < -0.39 is 8.07 Å². The average Bonchev–Trinajstić information content (AvgIpc) is 3.65. The van der Waals surface area contributed by atoms with Crippen LogP contribution in [0.5, 0.6) is 0 Å². The van der Waals surface area contributed by atoms with Crippen LogP contribution in [0.2, 0.25) is 19.6 Å². The second-order valence-corrected chi connectivity index (χ2v) is 17.1. The van der Waals surface area contributed by atoms with Crippen LogP contribution in [0, 0.1) is 19.1 Å². The summed E-state index contributed by atoms with van der Waals surface area (Å²) in [5, 5.41) is 3.56. The van der Waals surface area contributed by atoms with Gasteiger partial charge in [0.2, 0.25) is 0 Å². The Bertz CT molecular complexity index is 2250. The first-order valence-electron chi connectivity index (χ1n) is 15.0. The van der Waals surface area contributed by atoms with Crippen molar-refractivity contribution in [3.63, 3.8) is 0 Å². The fourth-order valence-corrected chi connectivity index (χ4v) is 6.62. The SMILES string of the molecule is C[Si](C)(C)c1ccc(-c2[c-]cccc2)nc1.Cc1nccc2nc(-c3[c-]ccc4c3oc3ccccc34)n(-c3ccccc3)c12.[Ir]. The third kappa shape index (κ3) is 5.97. The Morgan fingerprint density at radius 1 is 0.739 bits per heavy atom. The molecule has 0 aliphatic rings. The maximum Gasteiger partial charge on any atom is 0.120 e. The van der Waals surface area contributed by atoms with Crippen LogP contribution in [0.15, 0.2) is 126 Å². The first-order chi connectivity index (χ1) is 21.9. The van der Waals surface area contributed by atoms with Gasteiger partial charge < -0.3 is 14.0 Å². The van der Waals surface area contributed by atoms with Gasteiger partial charge in [0.15, 0.2) is 0 Å². The van der Waals surface area contributed by atoms with E-state index in [4.69, 9.17) is 9.40 Å². The molecule has 8 aromatic rings. The number of benzene rings is 4. The predicted octanol–water partition coefficient (Wildman–Crippen LogP) is 9.19. The smallest absolute Gasteiger partial charge is 0.120 e. The fourth-order valence-electron chi connectivity index (χ4n) is 5.58. The van der Waals surface area contributed by atoms with Crippen LogP contribution in [0.1, 0.15) is 5.69 Å². The van der Waals surface area contributed by atoms with E-state index in [0.29, 0.717) is 0 Å². The van der Waals surface area contributed by atoms with Crippen LogP contribution in [-0.4, -0.2) is 27.6 Å². The monoisotopic (exact) mass is 793 g/mol. The van der Waals surface area contributed by atoms with Crippen molar-refractivity contribution in [2.24, 2.45) is 0 Å². The summed E-state index contributed by atoms with van der Waals surface area (Å²) >= 11 is 0. The number of aromatic nitrogens is 4. The van der Waals surface area contributed by atoms with Gasteiger partial charge >= 0.3 is 0 Å². The molecule has 0 aliphatic heterocycles. The largest absolute Gasteiger partial charge is 0.501 e. The van der Waals surface area contributed by atoms with Crippen molar-refractivity contribution in [3.8, 4) is 28.3 Å². The van der Waals surface area contributed by atoms with Crippen molar-refractivity contribution in [2.45, 2.75) is 26.6 Å². The van der Waals surface area contributed by atoms with Gasteiger partial charge in [0.25, 0.3) is 0 Å². The normalized spacial score (nSPS) is 11.3. The van der Waals surface area contributed by atoms with E-state index in [1.165, 1.54) is 5.19 Å². The van der Waals surface area contributed by atoms with Gasteiger partial charge in [0.1, 0.15) is 5.58 Å². The van der Waals surface area contributed by atoms with Crippen LogP contribution in [0.3, 0.4) is 0 Å². The minimum absolute atomic E-state index is 0. The molecule has 5 nitrogen and oxygen atoms in total. The van der Waals surface area contributed by atoms with Gasteiger partial charge in [-0.3, -0.25) is 9.97 Å². The van der Waals surface area contributed by atoms with Crippen LogP contribution in [0.4, 0.5) is 0 Å². The summed E-state index contributed by atoms with van der Waals surface area (Å²) in [5.74, 6) is 0.798. The van der Waals surface area contributed by atoms with Gasteiger partial charge in [-0.05, 0) is 42.1 Å². The van der Waals surface area contributed by atoms with E-state index in [9.17, 15) is 0 Å². The van der Waals surface area contributed by atoms with Gasteiger partial charge in [0, 0.05) is 43.6 Å². The molecule has 229 valence electrons. The third-order valence-electron chi connectivity index (χ3n) is 7.94. The summed E-state index contributed by atoms with van der Waals surface area (Å²) in [7, 11) is -1.23. The van der Waals surface area contributed by atoms with Crippen molar-refractivity contribution < 1.29 is 24.5 Å². The van der Waals surface area contributed by atoms with E-state index in [2.05, 4.69) is 76.6 Å². The van der Waals surface area contributed by atoms with Crippen LogP contribution in [0.25, 0.3) is 61.3 Å². The Morgan fingerprint density at radius 2 is 1.52 bits per heavy atom. The Morgan fingerprint density at radius 3 is 2.26 bits per heavy atom. The molecule has 0 fully saturated rings. The number of imidazole rings is 1. The summed E-state index contributed by atoms with van der Waals surface area (Å²) in [4.78, 5) is 14.0. The minimum Gasteiger partial charge on any atom is -0.501 e. The maximum atomic E-state index is 6.25. The number of para-hydroxylation sites is 2. The van der Waals surface area contributed by atoms with Gasteiger partial charge in [-0.2, -0.15) is 0 Å². The molecular weight excluding hydrogens is 761 g/mol. The molecule has 0 bridgehead atoms. The van der Waals surface area contributed by atoms with Crippen molar-refractivity contribution in [1.82, 2.24) is 19.5 Å². The van der Waals surface area contributed by atoms with Crippen LogP contribution < -0.4 is 5.19 Å². The van der Waals surface area contributed by atoms with Gasteiger partial charge in [-0.1, -0.05) is 79.1 Å². The molecular formula is C39H32IrN4OSi-2. The number of pyridine rings is 2. The second kappa shape index (κ2) is 13.0. The molecule has 4 aromatic heterocycles. The van der Waals surface area contributed by atoms with Crippen LogP contribution >= 0.6 is 0 Å². The first kappa shape index (κ1) is 31.3. The molecule has 46 heavy (non-hydrogen) atoms. The third-order valence-corrected chi connectivity index (χ3v) is 9.97. The summed E-state index contributed by atoms with van der Waals surface area (Å²) in [6.07, 6.45) is 3.82. The molecule has 0 saturated carbocycles. The first-order valence-corrected chi connectivity index (χ1v) is 18.5. The quantitative estimate of drug-likeness (QED) is 0.132. The number of aryl methyl sites for hydroxylation is 1. The Kier molecular flexibility index (Phi) is 8.83. The molecule has 0 spiro atoms. The standard InChI is InChI=1S/C25H16N3O.C14H16NSi.Ir/c1-16-23-21(14-15-26-16)27-25(28(23)17-8-3-2-4-9-17)20-12-7-11-19-18-10-5-6-13-22(18)29-24(19)20;1-16(2,3)13-9-10-14(15-11-13)12-7-5-4-6-8-12;/h2-11,13-15H,1H3;4-7,9-11H,1-3H3;/q2*-1;. The molecule has 0 N–H and O–H groups in total. The van der Waals surface area contributed by atoms with Gasteiger partial charge in [-0.25, -0.2) is 0 Å². The van der Waals surface area contributed by atoms with Crippen molar-refractivity contribution in [2.75, 3.05) is 0 Å². The number of hydrogen-bond donors (Lipinski definition) is 0. The molecule has 0 aliphatic carbocycles. The van der Waals surface area contributed by atoms with E-state index in [1.807, 2.05) is 92.0 Å². The Hall–Kier alpha value is -4.68. The zero-order chi connectivity index (χ0) is 31.0. The minimum atomic E-state index is -1.23. The topological polar surface area (TPSA) is 56.7 Å². The van der Waals surface area contributed by atoms with Gasteiger partial charge in [-0.15, -0.1) is 54.1 Å². The molecule has 4 aromatic carbocycles. The average molecular weight is 793 g/mol. The van der Waals surface area contributed by atoms with E-state index >= 15 is 0 Å². The second-order valence-electron chi connectivity index (χ2n) is 12.0. The van der Waals surface area contributed by atoms with E-state index in [0.717, 1.165) is 67.0 Å². The zero-order valence-electron chi connectivity index (χ0n) is 26.1. The number of fused-ring (bicyclic) bond motifs is 4. The molecule has 8 rings (SSSR count). The molecule has 4 heterocycles. The maximum absolute atomic E-state index is 6.25. The van der Waals surface area contributed by atoms with Crippen molar-refractivity contribution >= 4 is 46.2 Å². The van der Waals surface area contributed by atoms with Crippen molar-refractivity contribution in [3.05, 3.63) is 139 Å². The van der Waals surface area contributed by atoms with E-state index in [1.54, 1.807) is 6.20 Å². The number of nitrogens with zero attached hydrogens (tertiary/aromatic N) is 4. The molecule has 0 atom stereocenters. The number of hydrogen-bond acceptors (Lipinski definition) is 4. The molecule has 7 heteroatoms. The summed E-state index contributed by atoms with van der Waals surface area (Å²) < 4.78 is 8.40. The van der Waals surface area contributed by atoms with Crippen molar-refractivity contribution in [1.29, 1.82) is 0 Å². The zero-order valence-corrected chi connectivity index (χ0v) is 29.5. The molecule has 0 saturated heterocycles. The molecule has 0 amide bonds. The number of rotatable bonds is 4. The molecule has 1 radical (unpaired) electrons. The molecule has 0 unspecified atom stereocenters. The van der Waals surface area contributed by atoms with Crippen LogP contribution in [-0.2, 0) is 20.1 Å². The number of furan rings is 1. The Labute approximate surface area is 283 Å². The van der Waals surface area contributed by atoms with Gasteiger partial charge in [0.05, 0.1) is 36.2 Å². The van der Waals surface area contributed by atoms with E-state index in [-0.39, 0.29) is 20.1 Å². The summed E-state index contributed by atoms with van der Waals surface area (Å²) in [5.41, 5.74) is 8.43. The fraction of sp³-hybridized carbons (Fsp3) is 0.103. The predicted molar refractivity (Wildman–Crippen MR) is 187 cm³/mol. The summed E-state index contributed by atoms with van der Waals surface area (Å²) in [6.45, 7) is 9.01. The Balaban J connectivity index is 0.000000187.